The first-order chi connectivity index (χ1) is 8.72. The number of fused-ring (bicyclic) bond motifs is 1. The van der Waals surface area contributed by atoms with Gasteiger partial charge in [-0.15, -0.1) is 0 Å². The van der Waals surface area contributed by atoms with Crippen molar-refractivity contribution < 1.29 is 4.79 Å². The van der Waals surface area contributed by atoms with E-state index in [1.807, 2.05) is 7.05 Å². The summed E-state index contributed by atoms with van der Waals surface area (Å²) in [7, 11) is 1.83. The Kier molecular flexibility index (Phi) is 3.07. The van der Waals surface area contributed by atoms with E-state index >= 15 is 0 Å². The van der Waals surface area contributed by atoms with E-state index in [9.17, 15) is 4.79 Å². The van der Waals surface area contributed by atoms with Gasteiger partial charge in [-0.2, -0.15) is 5.10 Å². The SMILES string of the molecule is Cn1cc(C(=O)NC2CC[C@@H]3CNC[C@@H]3C2)cn1. The van der Waals surface area contributed by atoms with E-state index < -0.39 is 0 Å². The smallest absolute Gasteiger partial charge is 0.254 e. The third kappa shape index (κ3) is 2.27. The van der Waals surface area contributed by atoms with E-state index in [1.54, 1.807) is 17.1 Å². The van der Waals surface area contributed by atoms with E-state index in [2.05, 4.69) is 15.7 Å². The van der Waals surface area contributed by atoms with Gasteiger partial charge in [0.15, 0.2) is 0 Å². The summed E-state index contributed by atoms with van der Waals surface area (Å²) in [4.78, 5) is 12.0. The second kappa shape index (κ2) is 4.72. The Labute approximate surface area is 107 Å². The Morgan fingerprint density at radius 1 is 1.44 bits per heavy atom. The summed E-state index contributed by atoms with van der Waals surface area (Å²) < 4.78 is 1.66. The molecular weight excluding hydrogens is 228 g/mol. The van der Waals surface area contributed by atoms with Gasteiger partial charge in [-0.1, -0.05) is 0 Å². The molecule has 1 amide bonds. The molecule has 0 bridgehead atoms. The molecule has 0 aromatic carbocycles. The van der Waals surface area contributed by atoms with Crippen LogP contribution in [0.4, 0.5) is 0 Å². The number of hydrogen-bond acceptors (Lipinski definition) is 3. The van der Waals surface area contributed by atoms with Crippen molar-refractivity contribution in [3.8, 4) is 0 Å². The van der Waals surface area contributed by atoms with Crippen LogP contribution >= 0.6 is 0 Å². The number of nitrogens with zero attached hydrogens (tertiary/aromatic N) is 2. The van der Waals surface area contributed by atoms with Crippen LogP contribution in [0.1, 0.15) is 29.6 Å². The molecule has 2 fully saturated rings. The highest BCUT2D eigenvalue weighted by Crippen LogP contribution is 2.32. The van der Waals surface area contributed by atoms with Crippen molar-refractivity contribution in [2.45, 2.75) is 25.3 Å². The number of carbonyl (C=O) groups excluding carboxylic acids is 1. The average Bonchev–Trinajstić information content (AvgIpc) is 2.96. The summed E-state index contributed by atoms with van der Waals surface area (Å²) in [5, 5.41) is 10.6. The zero-order valence-electron chi connectivity index (χ0n) is 10.7. The van der Waals surface area contributed by atoms with Crippen molar-refractivity contribution in [3.63, 3.8) is 0 Å². The summed E-state index contributed by atoms with van der Waals surface area (Å²) in [6.45, 7) is 2.28. The van der Waals surface area contributed by atoms with Crippen molar-refractivity contribution in [2.24, 2.45) is 18.9 Å². The van der Waals surface area contributed by atoms with Crippen molar-refractivity contribution in [2.75, 3.05) is 13.1 Å². The lowest BCUT2D eigenvalue weighted by Gasteiger charge is -2.31. The zero-order valence-corrected chi connectivity index (χ0v) is 10.7. The molecule has 5 heteroatoms. The summed E-state index contributed by atoms with van der Waals surface area (Å²) in [6, 6.07) is 0.332. The first kappa shape index (κ1) is 11.7. The van der Waals surface area contributed by atoms with Crippen molar-refractivity contribution in [3.05, 3.63) is 18.0 Å². The molecule has 18 heavy (non-hydrogen) atoms. The van der Waals surface area contributed by atoms with Crippen LogP contribution in [0.3, 0.4) is 0 Å². The molecule has 3 atom stereocenters. The fourth-order valence-corrected chi connectivity index (χ4v) is 3.24. The first-order valence-corrected chi connectivity index (χ1v) is 6.72. The number of nitrogens with one attached hydrogen (secondary N) is 2. The average molecular weight is 248 g/mol. The normalized spacial score (nSPS) is 31.1. The minimum atomic E-state index is 0.0116. The van der Waals surface area contributed by atoms with E-state index in [-0.39, 0.29) is 5.91 Å². The van der Waals surface area contributed by atoms with Gasteiger partial charge < -0.3 is 10.6 Å². The van der Waals surface area contributed by atoms with Gasteiger partial charge in [0.05, 0.1) is 11.8 Å². The summed E-state index contributed by atoms with van der Waals surface area (Å²) in [5.41, 5.74) is 0.657. The van der Waals surface area contributed by atoms with Gasteiger partial charge in [-0.3, -0.25) is 9.48 Å². The van der Waals surface area contributed by atoms with Gasteiger partial charge in [0.25, 0.3) is 5.91 Å². The lowest BCUT2D eigenvalue weighted by Crippen LogP contribution is -2.40. The second-order valence-electron chi connectivity index (χ2n) is 5.56. The number of rotatable bonds is 2. The predicted octanol–water partition coefficient (Wildman–Crippen LogP) is 0.538. The zero-order chi connectivity index (χ0) is 12.5. The molecule has 98 valence electrons. The van der Waals surface area contributed by atoms with Gasteiger partial charge in [-0.25, -0.2) is 0 Å². The molecule has 1 saturated heterocycles. The molecule has 1 aliphatic carbocycles. The van der Waals surface area contributed by atoms with Gasteiger partial charge in [-0.05, 0) is 44.2 Å². The molecule has 1 saturated carbocycles. The number of amides is 1. The number of hydrogen-bond donors (Lipinski definition) is 2. The fourth-order valence-electron chi connectivity index (χ4n) is 3.24. The van der Waals surface area contributed by atoms with Gasteiger partial charge in [0.2, 0.25) is 0 Å². The summed E-state index contributed by atoms with van der Waals surface area (Å²) in [5.74, 6) is 1.59. The topological polar surface area (TPSA) is 59.0 Å². The fraction of sp³-hybridized carbons (Fsp3) is 0.692. The van der Waals surface area contributed by atoms with E-state index in [1.165, 1.54) is 6.42 Å². The van der Waals surface area contributed by atoms with Gasteiger partial charge >= 0.3 is 0 Å². The van der Waals surface area contributed by atoms with Crippen LogP contribution in [0, 0.1) is 11.8 Å². The maximum absolute atomic E-state index is 12.0. The van der Waals surface area contributed by atoms with E-state index in [0.717, 1.165) is 37.8 Å². The van der Waals surface area contributed by atoms with Crippen LogP contribution in [0.5, 0.6) is 0 Å². The largest absolute Gasteiger partial charge is 0.349 e. The van der Waals surface area contributed by atoms with Crippen LogP contribution in [0.15, 0.2) is 12.4 Å². The Hall–Kier alpha value is -1.36. The second-order valence-corrected chi connectivity index (χ2v) is 5.56. The van der Waals surface area contributed by atoms with Gasteiger partial charge in [0.1, 0.15) is 0 Å². The van der Waals surface area contributed by atoms with Crippen molar-refractivity contribution in [1.82, 2.24) is 20.4 Å². The minimum absolute atomic E-state index is 0.0116. The van der Waals surface area contributed by atoms with Crippen LogP contribution in [-0.2, 0) is 7.05 Å². The monoisotopic (exact) mass is 248 g/mol. The molecule has 0 radical (unpaired) electrons. The first-order valence-electron chi connectivity index (χ1n) is 6.72. The molecule has 1 aromatic rings. The molecular formula is C13H20N4O. The third-order valence-corrected chi connectivity index (χ3v) is 4.26. The third-order valence-electron chi connectivity index (χ3n) is 4.26. The van der Waals surface area contributed by atoms with Crippen molar-refractivity contribution in [1.29, 1.82) is 0 Å². The molecule has 0 spiro atoms. The lowest BCUT2D eigenvalue weighted by atomic mass is 9.79. The molecule has 3 rings (SSSR count). The maximum Gasteiger partial charge on any atom is 0.254 e. The molecule has 2 aliphatic rings. The lowest BCUT2D eigenvalue weighted by molar-refractivity contribution is 0.0913. The molecule has 2 N–H and O–H groups in total. The van der Waals surface area contributed by atoms with Crippen LogP contribution in [-0.4, -0.2) is 34.8 Å². The van der Waals surface area contributed by atoms with Crippen LogP contribution in [0.25, 0.3) is 0 Å². The molecule has 1 unspecified atom stereocenters. The number of carbonyl (C=O) groups is 1. The highest BCUT2D eigenvalue weighted by molar-refractivity contribution is 5.93. The van der Waals surface area contributed by atoms with Crippen LogP contribution in [0.2, 0.25) is 0 Å². The number of aryl methyl sites for hydroxylation is 1. The van der Waals surface area contributed by atoms with E-state index in [0.29, 0.717) is 11.6 Å². The van der Waals surface area contributed by atoms with Crippen LogP contribution < -0.4 is 10.6 Å². The molecule has 5 nitrogen and oxygen atoms in total. The maximum atomic E-state index is 12.0. The highest BCUT2D eigenvalue weighted by Gasteiger charge is 2.34. The Morgan fingerprint density at radius 3 is 3.06 bits per heavy atom. The molecule has 2 heterocycles. The van der Waals surface area contributed by atoms with Gasteiger partial charge in [0, 0.05) is 19.3 Å². The Bertz CT molecular complexity index is 442. The minimum Gasteiger partial charge on any atom is -0.349 e. The van der Waals surface area contributed by atoms with Crippen molar-refractivity contribution >= 4 is 5.91 Å². The highest BCUT2D eigenvalue weighted by atomic mass is 16.1. The standard InChI is InChI=1S/C13H20N4O/c1-17-8-11(7-15-17)13(18)16-12-3-2-9-5-14-6-10(9)4-12/h7-10,12,14H,2-6H2,1H3,(H,16,18)/t9-,10+,12?/m1/s1. The number of aromatic nitrogens is 2. The molecule has 1 aliphatic heterocycles. The molecule has 1 aromatic heterocycles. The van der Waals surface area contributed by atoms with E-state index in [4.69, 9.17) is 0 Å². The Morgan fingerprint density at radius 2 is 2.28 bits per heavy atom. The summed E-state index contributed by atoms with van der Waals surface area (Å²) in [6.07, 6.45) is 6.84. The predicted molar refractivity (Wildman–Crippen MR) is 68.2 cm³/mol. The Balaban J connectivity index is 1.58. The quantitative estimate of drug-likeness (QED) is 0.803. The summed E-state index contributed by atoms with van der Waals surface area (Å²) >= 11 is 0.